The van der Waals surface area contributed by atoms with E-state index in [9.17, 15) is 9.59 Å². The van der Waals surface area contributed by atoms with Crippen LogP contribution in [-0.4, -0.2) is 40.7 Å². The Balaban J connectivity index is 1.43. The van der Waals surface area contributed by atoms with Gasteiger partial charge >= 0.3 is 0 Å². The number of rotatable bonds is 9. The van der Waals surface area contributed by atoms with E-state index in [0.717, 1.165) is 42.1 Å². The number of aromatic nitrogens is 1. The maximum atomic E-state index is 12.3. The highest BCUT2D eigenvalue weighted by Gasteiger charge is 2.34. The van der Waals surface area contributed by atoms with Crippen molar-refractivity contribution in [3.8, 4) is 0 Å². The molecule has 0 unspecified atom stereocenters. The number of hydrogen-bond donors (Lipinski definition) is 2. The number of guanidine groups is 1. The number of nitrogens with two attached hydrogens (primary N) is 1. The number of fused-ring (bicyclic) bond motifs is 1. The molecule has 8 heteroatoms. The summed E-state index contributed by atoms with van der Waals surface area (Å²) in [6.07, 6.45) is 6.39. The quantitative estimate of drug-likeness (QED) is 0.292. The first kappa shape index (κ1) is 20.0. The molecule has 3 rings (SSSR count). The van der Waals surface area contributed by atoms with Gasteiger partial charge in [0.2, 0.25) is 0 Å². The van der Waals surface area contributed by atoms with Crippen LogP contribution in [0.3, 0.4) is 0 Å². The van der Waals surface area contributed by atoms with Crippen LogP contribution in [0.5, 0.6) is 0 Å². The van der Waals surface area contributed by atoms with E-state index >= 15 is 0 Å². The molecule has 1 aliphatic rings. The Hall–Kier alpha value is -2.74. The summed E-state index contributed by atoms with van der Waals surface area (Å²) in [6, 6.07) is 6.98. The van der Waals surface area contributed by atoms with Crippen molar-refractivity contribution in [2.75, 3.05) is 18.4 Å². The molecule has 1 aromatic carbocycles. The summed E-state index contributed by atoms with van der Waals surface area (Å²) < 4.78 is 0. The first-order valence-electron chi connectivity index (χ1n) is 9.57. The standard InChI is InChI=1S/C20H25N5O2S/c1-2-3-11-22-19(21)24-20-23-13-14(28-20)8-6-7-12-25-17(26)15-9-4-5-10-16(15)18(25)27/h4-5,9-10,13H,2-3,6-8,11-12H2,1H3,(H3,21,22,23,24). The average molecular weight is 400 g/mol. The van der Waals surface area contributed by atoms with Crippen LogP contribution >= 0.6 is 11.3 Å². The molecule has 0 fully saturated rings. The van der Waals surface area contributed by atoms with Crippen LogP contribution in [0.2, 0.25) is 0 Å². The maximum Gasteiger partial charge on any atom is 0.261 e. The molecular weight excluding hydrogens is 374 g/mol. The minimum Gasteiger partial charge on any atom is -0.370 e. The topological polar surface area (TPSA) is 101 Å². The van der Waals surface area contributed by atoms with Crippen LogP contribution < -0.4 is 11.1 Å². The number of anilines is 1. The average Bonchev–Trinajstić information content (AvgIpc) is 3.23. The van der Waals surface area contributed by atoms with Crippen LogP contribution in [0.25, 0.3) is 0 Å². The van der Waals surface area contributed by atoms with E-state index in [1.165, 1.54) is 4.90 Å². The molecule has 0 atom stereocenters. The van der Waals surface area contributed by atoms with Crippen LogP contribution in [-0.2, 0) is 6.42 Å². The number of benzene rings is 1. The molecule has 3 N–H and O–H groups in total. The zero-order valence-electron chi connectivity index (χ0n) is 16.0. The van der Waals surface area contributed by atoms with Crippen molar-refractivity contribution in [3.63, 3.8) is 0 Å². The van der Waals surface area contributed by atoms with E-state index in [2.05, 4.69) is 22.2 Å². The summed E-state index contributed by atoms with van der Waals surface area (Å²) in [5, 5.41) is 3.75. The lowest BCUT2D eigenvalue weighted by Gasteiger charge is -2.13. The van der Waals surface area contributed by atoms with Gasteiger partial charge in [0.05, 0.1) is 11.1 Å². The number of amides is 2. The van der Waals surface area contributed by atoms with E-state index in [1.54, 1.807) is 35.6 Å². The maximum absolute atomic E-state index is 12.3. The predicted molar refractivity (Wildman–Crippen MR) is 112 cm³/mol. The van der Waals surface area contributed by atoms with E-state index in [-0.39, 0.29) is 11.8 Å². The highest BCUT2D eigenvalue weighted by Crippen LogP contribution is 2.23. The molecule has 0 bridgehead atoms. The van der Waals surface area contributed by atoms with E-state index < -0.39 is 0 Å². The second-order valence-electron chi connectivity index (χ2n) is 6.64. The number of aliphatic imine (C=N–C) groups is 1. The molecule has 2 heterocycles. The zero-order valence-corrected chi connectivity index (χ0v) is 16.8. The fourth-order valence-corrected chi connectivity index (χ4v) is 3.86. The lowest BCUT2D eigenvalue weighted by molar-refractivity contribution is 0.0652. The lowest BCUT2D eigenvalue weighted by atomic mass is 10.1. The molecule has 148 valence electrons. The largest absolute Gasteiger partial charge is 0.370 e. The van der Waals surface area contributed by atoms with Crippen molar-refractivity contribution in [1.82, 2.24) is 9.88 Å². The Labute approximate surface area is 168 Å². The molecule has 7 nitrogen and oxygen atoms in total. The first-order chi connectivity index (χ1) is 13.6. The Morgan fingerprint density at radius 2 is 1.89 bits per heavy atom. The first-order valence-corrected chi connectivity index (χ1v) is 10.4. The number of unbranched alkanes of at least 4 members (excludes halogenated alkanes) is 2. The van der Waals surface area contributed by atoms with Crippen LogP contribution in [0.1, 0.15) is 58.2 Å². The fourth-order valence-electron chi connectivity index (χ4n) is 3.00. The monoisotopic (exact) mass is 399 g/mol. The van der Waals surface area contributed by atoms with Gasteiger partial charge in [-0.2, -0.15) is 0 Å². The van der Waals surface area contributed by atoms with Gasteiger partial charge in [-0.15, -0.1) is 11.3 Å². The Bertz CT molecular complexity index is 842. The van der Waals surface area contributed by atoms with Crippen molar-refractivity contribution < 1.29 is 9.59 Å². The summed E-state index contributed by atoms with van der Waals surface area (Å²) >= 11 is 1.54. The van der Waals surface area contributed by atoms with Gasteiger partial charge in [0, 0.05) is 24.2 Å². The number of carbonyl (C=O) groups is 2. The SMILES string of the molecule is CCCCN=C(N)Nc1ncc(CCCCN2C(=O)c3ccccc3C2=O)s1. The third-order valence-electron chi connectivity index (χ3n) is 4.52. The van der Waals surface area contributed by atoms with E-state index in [1.807, 2.05) is 6.20 Å². The molecule has 1 aliphatic heterocycles. The third kappa shape index (κ3) is 4.75. The van der Waals surface area contributed by atoms with Crippen molar-refractivity contribution in [3.05, 3.63) is 46.5 Å². The minimum absolute atomic E-state index is 0.192. The molecule has 0 saturated carbocycles. The van der Waals surface area contributed by atoms with Gasteiger partial charge in [-0.25, -0.2) is 4.98 Å². The van der Waals surface area contributed by atoms with Crippen LogP contribution in [0, 0.1) is 0 Å². The zero-order chi connectivity index (χ0) is 19.9. The summed E-state index contributed by atoms with van der Waals surface area (Å²) in [7, 11) is 0. The Morgan fingerprint density at radius 3 is 2.57 bits per heavy atom. The fraction of sp³-hybridized carbons (Fsp3) is 0.400. The molecule has 0 spiro atoms. The highest BCUT2D eigenvalue weighted by atomic mass is 32.1. The van der Waals surface area contributed by atoms with Gasteiger partial charge < -0.3 is 11.1 Å². The smallest absolute Gasteiger partial charge is 0.261 e. The van der Waals surface area contributed by atoms with Crippen molar-refractivity contribution in [2.24, 2.45) is 10.7 Å². The molecular formula is C20H25N5O2S. The van der Waals surface area contributed by atoms with Gasteiger partial charge in [0.15, 0.2) is 11.1 Å². The summed E-state index contributed by atoms with van der Waals surface area (Å²) in [4.78, 5) is 35.7. The lowest BCUT2D eigenvalue weighted by Crippen LogP contribution is -2.30. The number of aryl methyl sites for hydroxylation is 1. The third-order valence-corrected chi connectivity index (χ3v) is 5.49. The van der Waals surface area contributed by atoms with Crippen LogP contribution in [0.4, 0.5) is 5.13 Å². The molecule has 0 aliphatic carbocycles. The van der Waals surface area contributed by atoms with E-state index in [0.29, 0.717) is 30.2 Å². The Kier molecular flexibility index (Phi) is 6.76. The molecule has 2 aromatic rings. The molecule has 2 amide bonds. The Morgan fingerprint density at radius 1 is 1.18 bits per heavy atom. The number of imide groups is 1. The number of hydrogen-bond acceptors (Lipinski definition) is 5. The number of nitrogens with one attached hydrogen (secondary N) is 1. The molecule has 1 aromatic heterocycles. The number of carbonyl (C=O) groups excluding carboxylic acids is 2. The highest BCUT2D eigenvalue weighted by molar-refractivity contribution is 7.15. The normalized spacial score (nSPS) is 13.9. The number of thiazole rings is 1. The number of nitrogens with zero attached hydrogens (tertiary/aromatic N) is 3. The summed E-state index contributed by atoms with van der Waals surface area (Å²) in [5.74, 6) is 0.00500. The molecule has 0 radical (unpaired) electrons. The minimum atomic E-state index is -0.192. The van der Waals surface area contributed by atoms with Gasteiger partial charge in [-0.3, -0.25) is 19.5 Å². The van der Waals surface area contributed by atoms with Gasteiger partial charge in [0.1, 0.15) is 0 Å². The second-order valence-corrected chi connectivity index (χ2v) is 7.76. The summed E-state index contributed by atoms with van der Waals surface area (Å²) in [6.45, 7) is 3.26. The molecule has 0 saturated heterocycles. The second kappa shape index (κ2) is 9.45. The van der Waals surface area contributed by atoms with Gasteiger partial charge in [-0.1, -0.05) is 25.5 Å². The predicted octanol–water partition coefficient (Wildman–Crippen LogP) is 3.29. The van der Waals surface area contributed by atoms with Gasteiger partial charge in [-0.05, 0) is 37.8 Å². The van der Waals surface area contributed by atoms with Crippen molar-refractivity contribution in [1.29, 1.82) is 0 Å². The van der Waals surface area contributed by atoms with Crippen molar-refractivity contribution in [2.45, 2.75) is 39.0 Å². The summed E-state index contributed by atoms with van der Waals surface area (Å²) in [5.41, 5.74) is 6.85. The molecule has 28 heavy (non-hydrogen) atoms. The van der Waals surface area contributed by atoms with Gasteiger partial charge in [0.25, 0.3) is 11.8 Å². The van der Waals surface area contributed by atoms with Crippen LogP contribution in [0.15, 0.2) is 35.5 Å². The van der Waals surface area contributed by atoms with Crippen molar-refractivity contribution >= 4 is 34.2 Å². The van der Waals surface area contributed by atoms with E-state index in [4.69, 9.17) is 5.73 Å².